The van der Waals surface area contributed by atoms with Gasteiger partial charge in [-0.25, -0.2) is 9.78 Å². The molecule has 3 amide bonds. The molecule has 1 aliphatic heterocycles. The summed E-state index contributed by atoms with van der Waals surface area (Å²) in [7, 11) is 1.57. The highest BCUT2D eigenvalue weighted by Gasteiger charge is 2.25. The van der Waals surface area contributed by atoms with Gasteiger partial charge >= 0.3 is 6.03 Å². The van der Waals surface area contributed by atoms with Crippen molar-refractivity contribution in [2.24, 2.45) is 5.92 Å². The van der Waals surface area contributed by atoms with Crippen molar-refractivity contribution >= 4 is 34.8 Å². The van der Waals surface area contributed by atoms with E-state index in [4.69, 9.17) is 4.74 Å². The van der Waals surface area contributed by atoms with Crippen molar-refractivity contribution < 1.29 is 14.3 Å². The Morgan fingerprint density at radius 2 is 1.71 bits per heavy atom. The highest BCUT2D eigenvalue weighted by Crippen LogP contribution is 2.27. The van der Waals surface area contributed by atoms with Crippen molar-refractivity contribution in [2.45, 2.75) is 26.7 Å². The zero-order valence-electron chi connectivity index (χ0n) is 20.3. The Morgan fingerprint density at radius 1 is 0.971 bits per heavy atom. The second-order valence-electron chi connectivity index (χ2n) is 8.75. The van der Waals surface area contributed by atoms with E-state index >= 15 is 0 Å². The molecule has 0 unspecified atom stereocenters. The maximum atomic E-state index is 12.7. The smallest absolute Gasteiger partial charge is 0.323 e. The number of pyridine rings is 1. The van der Waals surface area contributed by atoms with Crippen LogP contribution in [0.5, 0.6) is 5.75 Å². The molecular weight excluding hydrogens is 442 g/mol. The van der Waals surface area contributed by atoms with Crippen molar-refractivity contribution in [3.05, 3.63) is 71.9 Å². The van der Waals surface area contributed by atoms with E-state index in [1.807, 2.05) is 68.4 Å². The molecule has 0 radical (unpaired) electrons. The number of aryl methyl sites for hydroxylation is 2. The molecule has 1 saturated heterocycles. The average Bonchev–Trinajstić information content (AvgIpc) is 2.86. The molecule has 8 nitrogen and oxygen atoms in total. The lowest BCUT2D eigenvalue weighted by Crippen LogP contribution is -2.38. The van der Waals surface area contributed by atoms with E-state index in [0.29, 0.717) is 22.9 Å². The Kier molecular flexibility index (Phi) is 7.50. The molecule has 0 spiro atoms. The molecule has 1 fully saturated rings. The number of rotatable bonds is 6. The largest absolute Gasteiger partial charge is 0.495 e. The molecule has 4 rings (SSSR count). The fourth-order valence-corrected chi connectivity index (χ4v) is 4.19. The minimum atomic E-state index is -0.336. The number of carbonyl (C=O) groups excluding carboxylic acids is 2. The van der Waals surface area contributed by atoms with Gasteiger partial charge in [-0.15, -0.1) is 0 Å². The van der Waals surface area contributed by atoms with E-state index in [1.54, 1.807) is 13.3 Å². The van der Waals surface area contributed by atoms with Crippen LogP contribution in [0.1, 0.15) is 24.0 Å². The van der Waals surface area contributed by atoms with Crippen LogP contribution in [0.3, 0.4) is 0 Å². The van der Waals surface area contributed by atoms with Gasteiger partial charge in [0.1, 0.15) is 11.6 Å². The Bertz CT molecular complexity index is 1190. The summed E-state index contributed by atoms with van der Waals surface area (Å²) in [5.74, 6) is 1.24. The summed E-state index contributed by atoms with van der Waals surface area (Å²) >= 11 is 0. The summed E-state index contributed by atoms with van der Waals surface area (Å²) < 4.78 is 5.32. The molecule has 0 bridgehead atoms. The third-order valence-electron chi connectivity index (χ3n) is 6.21. The van der Waals surface area contributed by atoms with Gasteiger partial charge in [-0.3, -0.25) is 4.79 Å². The van der Waals surface area contributed by atoms with E-state index in [0.717, 1.165) is 42.7 Å². The molecule has 8 heteroatoms. The molecule has 35 heavy (non-hydrogen) atoms. The van der Waals surface area contributed by atoms with Gasteiger partial charge in [0.15, 0.2) is 0 Å². The Morgan fingerprint density at radius 3 is 2.40 bits per heavy atom. The highest BCUT2D eigenvalue weighted by atomic mass is 16.5. The first-order valence-electron chi connectivity index (χ1n) is 11.7. The van der Waals surface area contributed by atoms with Crippen molar-refractivity contribution in [1.82, 2.24) is 4.98 Å². The van der Waals surface area contributed by atoms with Crippen molar-refractivity contribution in [3.8, 4) is 5.75 Å². The number of anilines is 4. The first kappa shape index (κ1) is 24.1. The van der Waals surface area contributed by atoms with Crippen molar-refractivity contribution in [3.63, 3.8) is 0 Å². The van der Waals surface area contributed by atoms with Crippen LogP contribution >= 0.6 is 0 Å². The predicted molar refractivity (Wildman–Crippen MR) is 139 cm³/mol. The number of aromatic nitrogens is 1. The molecular formula is C27H31N5O3. The first-order chi connectivity index (χ1) is 16.9. The lowest BCUT2D eigenvalue weighted by molar-refractivity contribution is -0.120. The second kappa shape index (κ2) is 10.9. The summed E-state index contributed by atoms with van der Waals surface area (Å²) in [6.45, 7) is 5.48. The van der Waals surface area contributed by atoms with Gasteiger partial charge in [0.2, 0.25) is 5.91 Å². The minimum Gasteiger partial charge on any atom is -0.495 e. The van der Waals surface area contributed by atoms with Gasteiger partial charge in [0.05, 0.1) is 12.8 Å². The number of amides is 3. The summed E-state index contributed by atoms with van der Waals surface area (Å²) in [5.41, 5.74) is 4.36. The number of carbonyl (C=O) groups is 2. The molecule has 2 aromatic carbocycles. The molecule has 1 aromatic heterocycles. The van der Waals surface area contributed by atoms with Crippen molar-refractivity contribution in [2.75, 3.05) is 41.0 Å². The normalized spacial score (nSPS) is 13.7. The van der Waals surface area contributed by atoms with Crippen LogP contribution in [0, 0.1) is 19.8 Å². The zero-order chi connectivity index (χ0) is 24.8. The van der Waals surface area contributed by atoms with Crippen LogP contribution in [-0.4, -0.2) is 37.1 Å². The van der Waals surface area contributed by atoms with Gasteiger partial charge in [-0.2, -0.15) is 0 Å². The monoisotopic (exact) mass is 473 g/mol. The molecule has 0 atom stereocenters. The number of hydrogen-bond acceptors (Lipinski definition) is 5. The molecule has 0 saturated carbocycles. The minimum absolute atomic E-state index is 0.0299. The number of nitrogens with zero attached hydrogens (tertiary/aromatic N) is 2. The third kappa shape index (κ3) is 6.09. The van der Waals surface area contributed by atoms with E-state index in [2.05, 4.69) is 25.8 Å². The van der Waals surface area contributed by atoms with Crippen molar-refractivity contribution in [1.29, 1.82) is 0 Å². The number of benzene rings is 2. The average molecular weight is 474 g/mol. The maximum Gasteiger partial charge on any atom is 0.323 e. The van der Waals surface area contributed by atoms with Gasteiger partial charge in [-0.1, -0.05) is 12.1 Å². The van der Waals surface area contributed by atoms with Gasteiger partial charge in [0, 0.05) is 36.6 Å². The van der Waals surface area contributed by atoms with Gasteiger partial charge in [-0.05, 0) is 80.3 Å². The number of nitrogens with one attached hydrogen (secondary N) is 3. The summed E-state index contributed by atoms with van der Waals surface area (Å²) in [6.07, 6.45) is 3.24. The van der Waals surface area contributed by atoms with E-state index in [1.165, 1.54) is 0 Å². The standard InChI is InChI=1S/C27H31N5O3/c1-18-6-11-24(35-3)23(17-18)30-27(34)29-21-7-9-22(10-8-21)32-15-12-20(13-16-32)26(33)31-25-19(2)5-4-14-28-25/h4-11,14,17,20H,12-13,15-16H2,1-3H3,(H,28,31,33)(H2,29,30,34). The first-order valence-corrected chi connectivity index (χ1v) is 11.7. The number of piperidine rings is 1. The lowest BCUT2D eigenvalue weighted by atomic mass is 9.95. The SMILES string of the molecule is COc1ccc(C)cc1NC(=O)Nc1ccc(N2CCC(C(=O)Nc3ncccc3C)CC2)cc1. The maximum absolute atomic E-state index is 12.7. The third-order valence-corrected chi connectivity index (χ3v) is 6.21. The summed E-state index contributed by atoms with van der Waals surface area (Å²) in [6, 6.07) is 16.8. The van der Waals surface area contributed by atoms with Crippen LogP contribution < -0.4 is 25.6 Å². The molecule has 0 aliphatic carbocycles. The quantitative estimate of drug-likeness (QED) is 0.457. The Labute approximate surface area is 205 Å². The molecule has 182 valence electrons. The van der Waals surface area contributed by atoms with Crippen LogP contribution in [0.2, 0.25) is 0 Å². The Balaban J connectivity index is 1.29. The predicted octanol–water partition coefficient (Wildman–Crippen LogP) is 5.21. The molecule has 3 aromatic rings. The van der Waals surface area contributed by atoms with Gasteiger partial charge in [0.25, 0.3) is 0 Å². The summed E-state index contributed by atoms with van der Waals surface area (Å²) in [4.78, 5) is 31.7. The van der Waals surface area contributed by atoms with E-state index in [9.17, 15) is 9.59 Å². The molecule has 1 aliphatic rings. The van der Waals surface area contributed by atoms with E-state index < -0.39 is 0 Å². The highest BCUT2D eigenvalue weighted by molar-refractivity contribution is 6.00. The second-order valence-corrected chi connectivity index (χ2v) is 8.75. The lowest BCUT2D eigenvalue weighted by Gasteiger charge is -2.33. The van der Waals surface area contributed by atoms with Crippen LogP contribution in [-0.2, 0) is 4.79 Å². The summed E-state index contributed by atoms with van der Waals surface area (Å²) in [5, 5.41) is 8.66. The fourth-order valence-electron chi connectivity index (χ4n) is 4.19. The van der Waals surface area contributed by atoms with Crippen LogP contribution in [0.4, 0.5) is 27.7 Å². The molecule has 3 N–H and O–H groups in total. The number of urea groups is 1. The number of methoxy groups -OCH3 is 1. The topological polar surface area (TPSA) is 95.6 Å². The number of ether oxygens (including phenoxy) is 1. The van der Waals surface area contributed by atoms with Gasteiger partial charge < -0.3 is 25.6 Å². The van der Waals surface area contributed by atoms with Crippen LogP contribution in [0.15, 0.2) is 60.8 Å². The van der Waals surface area contributed by atoms with E-state index in [-0.39, 0.29) is 17.9 Å². The fraction of sp³-hybridized carbons (Fsp3) is 0.296. The zero-order valence-corrected chi connectivity index (χ0v) is 20.3. The van der Waals surface area contributed by atoms with Crippen LogP contribution in [0.25, 0.3) is 0 Å². The molecule has 2 heterocycles. The number of hydrogen-bond donors (Lipinski definition) is 3. The Hall–Kier alpha value is -4.07.